The van der Waals surface area contributed by atoms with Crippen LogP contribution in [0.15, 0.2) is 59.0 Å². The minimum absolute atomic E-state index is 0.00423. The van der Waals surface area contributed by atoms with E-state index in [4.69, 9.17) is 27.6 Å². The summed E-state index contributed by atoms with van der Waals surface area (Å²) in [7, 11) is 0. The Bertz CT molecular complexity index is 1050. The fourth-order valence-corrected chi connectivity index (χ4v) is 2.86. The number of halogens is 2. The van der Waals surface area contributed by atoms with E-state index in [9.17, 15) is 15.4 Å². The first kappa shape index (κ1) is 17.7. The Morgan fingerprint density at radius 1 is 1.12 bits per heavy atom. The van der Waals surface area contributed by atoms with Crippen LogP contribution in [0.1, 0.15) is 11.3 Å². The number of nitrogens with zero attached hydrogens (tertiary/aromatic N) is 2. The van der Waals surface area contributed by atoms with Gasteiger partial charge in [-0.2, -0.15) is 5.26 Å². The van der Waals surface area contributed by atoms with Crippen molar-refractivity contribution in [1.29, 1.82) is 5.26 Å². The van der Waals surface area contributed by atoms with Crippen LogP contribution in [-0.2, 0) is 0 Å². The second kappa shape index (κ2) is 7.44. The van der Waals surface area contributed by atoms with Crippen molar-refractivity contribution in [3.8, 4) is 17.4 Å². The predicted molar refractivity (Wildman–Crippen MR) is 101 cm³/mol. The number of allylic oxidation sites excluding steroid dienone is 1. The summed E-state index contributed by atoms with van der Waals surface area (Å²) in [6.07, 6.45) is 1.57. The van der Waals surface area contributed by atoms with Gasteiger partial charge in [-0.25, -0.2) is 0 Å². The minimum atomic E-state index is -0.463. The van der Waals surface area contributed by atoms with Crippen LogP contribution >= 0.6 is 23.2 Å². The standard InChI is InChI=1S/C19H10Cl2N2O3/c20-14-3-7-17(18(21)10-14)13(11-22)9-16-6-8-19(26-16)12-1-4-15(5-2-12)23(24)25/h1-10H. The van der Waals surface area contributed by atoms with Crippen molar-refractivity contribution in [3.63, 3.8) is 0 Å². The lowest BCUT2D eigenvalue weighted by atomic mass is 10.1. The number of rotatable bonds is 4. The van der Waals surface area contributed by atoms with Gasteiger partial charge >= 0.3 is 0 Å². The summed E-state index contributed by atoms with van der Waals surface area (Å²) in [5.41, 5.74) is 1.57. The monoisotopic (exact) mass is 384 g/mol. The van der Waals surface area contributed by atoms with E-state index in [-0.39, 0.29) is 5.69 Å². The molecule has 7 heteroatoms. The Morgan fingerprint density at radius 3 is 2.46 bits per heavy atom. The Labute approximate surface area is 158 Å². The van der Waals surface area contributed by atoms with Gasteiger partial charge in [0.1, 0.15) is 11.5 Å². The van der Waals surface area contributed by atoms with Crippen molar-refractivity contribution >= 4 is 40.5 Å². The number of furan rings is 1. The number of non-ortho nitro benzene ring substituents is 1. The maximum Gasteiger partial charge on any atom is 0.269 e. The zero-order chi connectivity index (χ0) is 18.7. The largest absolute Gasteiger partial charge is 0.457 e. The number of hydrogen-bond donors (Lipinski definition) is 0. The van der Waals surface area contributed by atoms with Gasteiger partial charge in [-0.15, -0.1) is 0 Å². The molecule has 3 rings (SSSR count). The van der Waals surface area contributed by atoms with E-state index in [0.29, 0.717) is 38.3 Å². The van der Waals surface area contributed by atoms with Gasteiger partial charge in [0.05, 0.1) is 21.6 Å². The van der Waals surface area contributed by atoms with E-state index in [0.717, 1.165) is 0 Å². The fraction of sp³-hybridized carbons (Fsp3) is 0. The summed E-state index contributed by atoms with van der Waals surface area (Å²) in [5, 5.41) is 21.0. The maximum absolute atomic E-state index is 10.7. The number of nitro groups is 1. The van der Waals surface area contributed by atoms with Gasteiger partial charge in [0.2, 0.25) is 0 Å². The highest BCUT2D eigenvalue weighted by atomic mass is 35.5. The molecule has 0 aliphatic carbocycles. The van der Waals surface area contributed by atoms with Crippen molar-refractivity contribution < 1.29 is 9.34 Å². The molecule has 0 unspecified atom stereocenters. The highest BCUT2D eigenvalue weighted by Crippen LogP contribution is 2.30. The molecule has 0 amide bonds. The normalized spacial score (nSPS) is 11.2. The Kier molecular flexibility index (Phi) is 5.08. The summed E-state index contributed by atoms with van der Waals surface area (Å²) in [4.78, 5) is 10.3. The average Bonchev–Trinajstić information content (AvgIpc) is 3.09. The smallest absolute Gasteiger partial charge is 0.269 e. The van der Waals surface area contributed by atoms with Crippen LogP contribution < -0.4 is 0 Å². The Hall–Kier alpha value is -3.07. The molecule has 1 aromatic heterocycles. The summed E-state index contributed by atoms with van der Waals surface area (Å²) in [6.45, 7) is 0. The molecule has 0 atom stereocenters. The highest BCUT2D eigenvalue weighted by Gasteiger charge is 2.11. The zero-order valence-corrected chi connectivity index (χ0v) is 14.7. The number of benzene rings is 2. The second-order valence-corrected chi connectivity index (χ2v) is 6.14. The molecule has 1 heterocycles. The van der Waals surface area contributed by atoms with Crippen molar-refractivity contribution in [2.75, 3.05) is 0 Å². The zero-order valence-electron chi connectivity index (χ0n) is 13.1. The molecule has 3 aromatic rings. The molecule has 2 aromatic carbocycles. The van der Waals surface area contributed by atoms with Gasteiger partial charge in [0.25, 0.3) is 5.69 Å². The topological polar surface area (TPSA) is 80.1 Å². The van der Waals surface area contributed by atoms with E-state index >= 15 is 0 Å². The molecule has 128 valence electrons. The number of nitro benzene ring substituents is 1. The quantitative estimate of drug-likeness (QED) is 0.303. The lowest BCUT2D eigenvalue weighted by Crippen LogP contribution is -1.86. The van der Waals surface area contributed by atoms with E-state index in [1.54, 1.807) is 48.5 Å². The van der Waals surface area contributed by atoms with Crippen molar-refractivity contribution in [2.24, 2.45) is 0 Å². The first-order chi connectivity index (χ1) is 12.5. The molecule has 0 bridgehead atoms. The second-order valence-electron chi connectivity index (χ2n) is 5.30. The number of hydrogen-bond acceptors (Lipinski definition) is 4. The van der Waals surface area contributed by atoms with Crippen molar-refractivity contribution in [2.45, 2.75) is 0 Å². The summed E-state index contributed by atoms with van der Waals surface area (Å²) in [6, 6.07) is 16.4. The highest BCUT2D eigenvalue weighted by molar-refractivity contribution is 6.36. The first-order valence-electron chi connectivity index (χ1n) is 7.40. The molecule has 0 saturated carbocycles. The summed E-state index contributed by atoms with van der Waals surface area (Å²) in [5.74, 6) is 0.992. The van der Waals surface area contributed by atoms with E-state index in [2.05, 4.69) is 6.07 Å². The Balaban J connectivity index is 1.92. The summed E-state index contributed by atoms with van der Waals surface area (Å²) < 4.78 is 5.72. The minimum Gasteiger partial charge on any atom is -0.457 e. The number of nitriles is 1. The molecule has 0 aliphatic rings. The predicted octanol–water partition coefficient (Wildman–Crippen LogP) is 6.23. The van der Waals surface area contributed by atoms with Crippen LogP contribution in [0.25, 0.3) is 23.0 Å². The molecule has 0 fully saturated rings. The van der Waals surface area contributed by atoms with Crippen molar-refractivity contribution in [3.05, 3.63) is 86.1 Å². The van der Waals surface area contributed by atoms with Gasteiger partial charge in [-0.1, -0.05) is 29.3 Å². The lowest BCUT2D eigenvalue weighted by Gasteiger charge is -2.02. The average molecular weight is 385 g/mol. The van der Waals surface area contributed by atoms with Crippen LogP contribution in [0.4, 0.5) is 5.69 Å². The van der Waals surface area contributed by atoms with Crippen LogP contribution in [-0.4, -0.2) is 4.92 Å². The van der Waals surface area contributed by atoms with Gasteiger partial charge in [-0.3, -0.25) is 10.1 Å². The van der Waals surface area contributed by atoms with Gasteiger partial charge in [-0.05, 0) is 42.5 Å². The van der Waals surface area contributed by atoms with Crippen LogP contribution in [0.3, 0.4) is 0 Å². The third-order valence-corrected chi connectivity index (χ3v) is 4.17. The SMILES string of the molecule is N#CC(=Cc1ccc(-c2ccc([N+](=O)[O-])cc2)o1)c1ccc(Cl)cc1Cl. The maximum atomic E-state index is 10.7. The van der Waals surface area contributed by atoms with Crippen molar-refractivity contribution in [1.82, 2.24) is 0 Å². The molecule has 5 nitrogen and oxygen atoms in total. The van der Waals surface area contributed by atoms with Crippen LogP contribution in [0.5, 0.6) is 0 Å². The van der Waals surface area contributed by atoms with Crippen LogP contribution in [0.2, 0.25) is 10.0 Å². The summed E-state index contributed by atoms with van der Waals surface area (Å²) >= 11 is 12.0. The van der Waals surface area contributed by atoms with Gasteiger partial charge < -0.3 is 4.42 Å². The lowest BCUT2D eigenvalue weighted by molar-refractivity contribution is -0.384. The molecular formula is C19H10Cl2N2O3. The third-order valence-electron chi connectivity index (χ3n) is 3.62. The van der Waals surface area contributed by atoms with Crippen LogP contribution in [0, 0.1) is 21.4 Å². The molecule has 0 N–H and O–H groups in total. The molecule has 26 heavy (non-hydrogen) atoms. The van der Waals surface area contributed by atoms with E-state index < -0.39 is 4.92 Å². The van der Waals surface area contributed by atoms with E-state index in [1.165, 1.54) is 12.1 Å². The third kappa shape index (κ3) is 3.77. The fourth-order valence-electron chi connectivity index (χ4n) is 2.35. The molecule has 0 aliphatic heterocycles. The molecular weight excluding hydrogens is 375 g/mol. The van der Waals surface area contributed by atoms with Gasteiger partial charge in [0.15, 0.2) is 0 Å². The first-order valence-corrected chi connectivity index (χ1v) is 8.15. The molecule has 0 spiro atoms. The molecule has 0 saturated heterocycles. The Morgan fingerprint density at radius 2 is 1.85 bits per heavy atom. The van der Waals surface area contributed by atoms with E-state index in [1.807, 2.05) is 0 Å². The molecule has 0 radical (unpaired) electrons. The van der Waals surface area contributed by atoms with Gasteiger partial charge in [0, 0.05) is 28.3 Å².